The number of carbonyl (C=O) groups is 3. The number of aliphatic carboxylic acids is 2. The predicted octanol–water partition coefficient (Wildman–Crippen LogP) is 3.45. The van der Waals surface area contributed by atoms with Gasteiger partial charge in [0.25, 0.3) is 0 Å². The van der Waals surface area contributed by atoms with Gasteiger partial charge in [-0.25, -0.2) is 9.59 Å². The van der Waals surface area contributed by atoms with E-state index in [0.717, 1.165) is 44.8 Å². The van der Waals surface area contributed by atoms with Gasteiger partial charge in [0.15, 0.2) is 0 Å². The molecule has 2 aromatic carbocycles. The van der Waals surface area contributed by atoms with E-state index < -0.39 is 11.9 Å². The van der Waals surface area contributed by atoms with E-state index in [1.54, 1.807) is 6.08 Å². The van der Waals surface area contributed by atoms with Crippen molar-refractivity contribution in [3.8, 4) is 0 Å². The van der Waals surface area contributed by atoms with Gasteiger partial charge in [0.1, 0.15) is 0 Å². The second-order valence-corrected chi connectivity index (χ2v) is 8.82. The van der Waals surface area contributed by atoms with Crippen LogP contribution in [-0.4, -0.2) is 72.2 Å². The predicted molar refractivity (Wildman–Crippen MR) is 141 cm³/mol. The molecule has 0 radical (unpaired) electrons. The van der Waals surface area contributed by atoms with E-state index in [-0.39, 0.29) is 5.91 Å². The minimum atomic E-state index is -1.82. The third kappa shape index (κ3) is 7.29. The summed E-state index contributed by atoms with van der Waals surface area (Å²) in [6.07, 6.45) is 7.67. The lowest BCUT2D eigenvalue weighted by Gasteiger charge is -2.35. The summed E-state index contributed by atoms with van der Waals surface area (Å²) in [5, 5.41) is 14.8. The van der Waals surface area contributed by atoms with Gasteiger partial charge in [-0.3, -0.25) is 9.69 Å². The van der Waals surface area contributed by atoms with Crippen molar-refractivity contribution in [3.63, 3.8) is 0 Å². The number of aryl methyl sites for hydroxylation is 2. The molecule has 2 aliphatic rings. The second kappa shape index (κ2) is 12.7. The van der Waals surface area contributed by atoms with Crippen LogP contribution >= 0.6 is 0 Å². The molecule has 0 aliphatic carbocycles. The molecule has 0 spiro atoms. The Balaban J connectivity index is 0.000000538. The molecule has 2 heterocycles. The summed E-state index contributed by atoms with van der Waals surface area (Å²) < 4.78 is 0. The number of hydrogen-bond donors (Lipinski definition) is 2. The monoisotopic (exact) mass is 491 g/mol. The highest BCUT2D eigenvalue weighted by Gasteiger charge is 2.23. The number of piperazine rings is 1. The average Bonchev–Trinajstić information content (AvgIpc) is 2.86. The van der Waals surface area contributed by atoms with E-state index >= 15 is 0 Å². The molecule has 36 heavy (non-hydrogen) atoms. The normalized spacial score (nSPS) is 15.8. The van der Waals surface area contributed by atoms with Crippen LogP contribution in [-0.2, 0) is 20.8 Å². The molecule has 0 unspecified atom stereocenters. The molecule has 190 valence electrons. The Bertz CT molecular complexity index is 1120. The number of benzene rings is 2. The summed E-state index contributed by atoms with van der Waals surface area (Å²) >= 11 is 0. The first kappa shape index (κ1) is 26.7. The van der Waals surface area contributed by atoms with Crippen LogP contribution in [0.1, 0.15) is 23.1 Å². The molecule has 2 aliphatic heterocycles. The van der Waals surface area contributed by atoms with E-state index in [9.17, 15) is 4.79 Å². The van der Waals surface area contributed by atoms with Crippen molar-refractivity contribution < 1.29 is 24.6 Å². The van der Waals surface area contributed by atoms with Crippen molar-refractivity contribution in [1.29, 1.82) is 0 Å². The lowest BCUT2D eigenvalue weighted by atomic mass is 9.98. The molecule has 1 fully saturated rings. The highest BCUT2D eigenvalue weighted by atomic mass is 16.4. The lowest BCUT2D eigenvalue weighted by Crippen LogP contribution is -2.46. The molecule has 8 heteroatoms. The Morgan fingerprint density at radius 3 is 2.33 bits per heavy atom. The number of carbonyl (C=O) groups excluding carboxylic acids is 1. The van der Waals surface area contributed by atoms with Crippen molar-refractivity contribution in [2.75, 3.05) is 49.1 Å². The second-order valence-electron chi connectivity index (χ2n) is 8.82. The summed E-state index contributed by atoms with van der Waals surface area (Å²) in [7, 11) is 0. The first-order chi connectivity index (χ1) is 17.3. The molecule has 0 atom stereocenters. The molecule has 4 rings (SSSR count). The third-order valence-corrected chi connectivity index (χ3v) is 6.21. The fourth-order valence-electron chi connectivity index (χ4n) is 4.36. The van der Waals surface area contributed by atoms with E-state index in [4.69, 9.17) is 19.8 Å². The fraction of sp³-hybridized carbons (Fsp3) is 0.321. The van der Waals surface area contributed by atoms with Gasteiger partial charge in [0, 0.05) is 57.1 Å². The van der Waals surface area contributed by atoms with Gasteiger partial charge in [-0.2, -0.15) is 0 Å². The van der Waals surface area contributed by atoms with Crippen LogP contribution in [0.3, 0.4) is 0 Å². The van der Waals surface area contributed by atoms with Crippen LogP contribution in [0.5, 0.6) is 0 Å². The quantitative estimate of drug-likeness (QED) is 0.471. The van der Waals surface area contributed by atoms with Crippen molar-refractivity contribution in [2.45, 2.75) is 19.8 Å². The highest BCUT2D eigenvalue weighted by Crippen LogP contribution is 2.29. The molecule has 0 bridgehead atoms. The number of nitrogens with zero attached hydrogens (tertiary/aromatic N) is 3. The Kier molecular flexibility index (Phi) is 9.41. The Morgan fingerprint density at radius 2 is 1.69 bits per heavy atom. The molecule has 0 saturated carbocycles. The number of carboxylic acid groups (broad SMARTS) is 2. The minimum Gasteiger partial charge on any atom is -0.473 e. The van der Waals surface area contributed by atoms with Crippen LogP contribution in [0.25, 0.3) is 6.08 Å². The first-order valence-electron chi connectivity index (χ1n) is 12.0. The molecular weight excluding hydrogens is 458 g/mol. The number of rotatable bonds is 6. The van der Waals surface area contributed by atoms with Crippen LogP contribution in [0.4, 0.5) is 11.4 Å². The van der Waals surface area contributed by atoms with Gasteiger partial charge in [-0.1, -0.05) is 36.4 Å². The largest absolute Gasteiger partial charge is 0.473 e. The first-order valence-corrected chi connectivity index (χ1v) is 12.0. The Morgan fingerprint density at radius 1 is 0.972 bits per heavy atom. The van der Waals surface area contributed by atoms with Gasteiger partial charge in [-0.15, -0.1) is 6.58 Å². The van der Waals surface area contributed by atoms with Crippen molar-refractivity contribution in [1.82, 2.24) is 4.90 Å². The summed E-state index contributed by atoms with van der Waals surface area (Å²) in [6, 6.07) is 15.2. The number of anilines is 2. The van der Waals surface area contributed by atoms with Gasteiger partial charge >= 0.3 is 11.9 Å². The van der Waals surface area contributed by atoms with Gasteiger partial charge < -0.3 is 20.0 Å². The lowest BCUT2D eigenvalue weighted by molar-refractivity contribution is -0.159. The van der Waals surface area contributed by atoms with Crippen LogP contribution in [0.15, 0.2) is 61.2 Å². The minimum absolute atomic E-state index is 0.190. The maximum atomic E-state index is 12.2. The molecular formula is C28H33N3O5. The highest BCUT2D eigenvalue weighted by molar-refractivity contribution is 6.27. The number of hydrogen-bond acceptors (Lipinski definition) is 5. The zero-order valence-corrected chi connectivity index (χ0v) is 20.6. The molecule has 1 saturated heterocycles. The maximum Gasteiger partial charge on any atom is 0.414 e. The standard InChI is InChI=1S/C26H31N3O.C2H2O4/c1-3-13-29-25-11-9-22(20-23(25)10-12-26(29)30)7-5-14-27-15-17-28(18-16-27)24-8-4-6-21(2)19-24;3-1(4)2(5)6/h3-9,11,19-20H,1,10,12-18H2,2H3;(H,3,4)(H,5,6). The van der Waals surface area contributed by atoms with Crippen molar-refractivity contribution in [2.24, 2.45) is 0 Å². The number of carboxylic acids is 2. The smallest absolute Gasteiger partial charge is 0.414 e. The van der Waals surface area contributed by atoms with E-state index in [2.05, 4.69) is 77.9 Å². The molecule has 2 aromatic rings. The SMILES string of the molecule is C=CCN1C(=O)CCc2cc(C=CCN3CCN(c4cccc(C)c4)CC3)ccc21.O=C(O)C(=O)O. The van der Waals surface area contributed by atoms with E-state index in [1.165, 1.54) is 22.4 Å². The van der Waals surface area contributed by atoms with Gasteiger partial charge in [0.05, 0.1) is 0 Å². The van der Waals surface area contributed by atoms with Crippen molar-refractivity contribution in [3.05, 3.63) is 77.9 Å². The summed E-state index contributed by atoms with van der Waals surface area (Å²) in [5.41, 5.74) is 6.16. The average molecular weight is 492 g/mol. The summed E-state index contributed by atoms with van der Waals surface area (Å²) in [6.45, 7) is 11.8. The molecule has 2 N–H and O–H groups in total. The zero-order chi connectivity index (χ0) is 26.1. The molecule has 8 nitrogen and oxygen atoms in total. The maximum absolute atomic E-state index is 12.2. The summed E-state index contributed by atoms with van der Waals surface area (Å²) in [5.74, 6) is -3.46. The zero-order valence-electron chi connectivity index (χ0n) is 20.6. The topological polar surface area (TPSA) is 101 Å². The molecule has 1 amide bonds. The van der Waals surface area contributed by atoms with Crippen LogP contribution in [0, 0.1) is 6.92 Å². The Hall–Kier alpha value is -3.91. The van der Waals surface area contributed by atoms with Crippen molar-refractivity contribution >= 4 is 35.3 Å². The number of fused-ring (bicyclic) bond motifs is 1. The third-order valence-electron chi connectivity index (χ3n) is 6.21. The summed E-state index contributed by atoms with van der Waals surface area (Å²) in [4.78, 5) is 37.2. The van der Waals surface area contributed by atoms with E-state index in [1.807, 2.05) is 4.90 Å². The van der Waals surface area contributed by atoms with E-state index in [0.29, 0.717) is 13.0 Å². The number of amides is 1. The van der Waals surface area contributed by atoms with Gasteiger partial charge in [-0.05, 0) is 54.3 Å². The van der Waals surface area contributed by atoms with Gasteiger partial charge in [0.2, 0.25) is 5.91 Å². The molecule has 0 aromatic heterocycles. The Labute approximate surface area is 211 Å². The van der Waals surface area contributed by atoms with Crippen LogP contribution < -0.4 is 9.80 Å². The fourth-order valence-corrected chi connectivity index (χ4v) is 4.36. The van der Waals surface area contributed by atoms with Crippen LogP contribution in [0.2, 0.25) is 0 Å².